The van der Waals surface area contributed by atoms with Crippen LogP contribution in [0, 0.1) is 23.5 Å². The van der Waals surface area contributed by atoms with E-state index in [0.717, 1.165) is 5.56 Å². The zero-order chi connectivity index (χ0) is 19.7. The molecule has 28 heavy (non-hydrogen) atoms. The summed E-state index contributed by atoms with van der Waals surface area (Å²) in [5.41, 5.74) is 0.852. The Kier molecular flexibility index (Phi) is 4.86. The second-order valence-electron chi connectivity index (χ2n) is 5.61. The standard InChI is InChI=1S/C18H10F4N4OS/c19-12-14(13(20)16(22)23-15(12)21)28-18-25-24-17(11-7-4-8-27-11)26(18)9-10-5-2-1-3-6-10/h1-8H,9H2. The highest BCUT2D eigenvalue weighted by Crippen LogP contribution is 2.34. The zero-order valence-electron chi connectivity index (χ0n) is 13.9. The Bertz CT molecular complexity index is 1090. The van der Waals surface area contributed by atoms with Gasteiger partial charge in [-0.25, -0.2) is 8.78 Å². The number of nitrogens with zero attached hydrogens (tertiary/aromatic N) is 4. The van der Waals surface area contributed by atoms with Crippen molar-refractivity contribution in [1.29, 1.82) is 0 Å². The van der Waals surface area contributed by atoms with Crippen LogP contribution in [0.25, 0.3) is 11.6 Å². The molecule has 0 saturated carbocycles. The first-order chi connectivity index (χ1) is 13.5. The van der Waals surface area contributed by atoms with Crippen LogP contribution in [0.15, 0.2) is 63.2 Å². The van der Waals surface area contributed by atoms with E-state index in [0.29, 0.717) is 23.3 Å². The molecule has 4 aromatic rings. The summed E-state index contributed by atoms with van der Waals surface area (Å²) in [6.45, 7) is 0.242. The number of benzene rings is 1. The summed E-state index contributed by atoms with van der Waals surface area (Å²) in [6.07, 6.45) is 1.44. The first-order valence-electron chi connectivity index (χ1n) is 7.93. The van der Waals surface area contributed by atoms with E-state index in [1.165, 1.54) is 10.8 Å². The summed E-state index contributed by atoms with van der Waals surface area (Å²) >= 11 is 0.411. The lowest BCUT2D eigenvalue weighted by Gasteiger charge is -2.10. The average molecular weight is 406 g/mol. The number of rotatable bonds is 5. The van der Waals surface area contributed by atoms with Gasteiger partial charge in [-0.2, -0.15) is 13.8 Å². The molecule has 0 spiro atoms. The molecule has 0 saturated heterocycles. The number of furan rings is 1. The molecule has 0 atom stereocenters. The van der Waals surface area contributed by atoms with Gasteiger partial charge in [0.05, 0.1) is 17.7 Å². The first-order valence-corrected chi connectivity index (χ1v) is 8.75. The highest BCUT2D eigenvalue weighted by Gasteiger charge is 2.25. The average Bonchev–Trinajstić information content (AvgIpc) is 3.35. The van der Waals surface area contributed by atoms with Gasteiger partial charge in [0, 0.05) is 0 Å². The van der Waals surface area contributed by atoms with Gasteiger partial charge in [-0.1, -0.05) is 30.3 Å². The van der Waals surface area contributed by atoms with Crippen molar-refractivity contribution in [3.05, 3.63) is 77.8 Å². The first kappa shape index (κ1) is 18.2. The zero-order valence-corrected chi connectivity index (χ0v) is 14.8. The van der Waals surface area contributed by atoms with Gasteiger partial charge in [0.2, 0.25) is 5.82 Å². The summed E-state index contributed by atoms with van der Waals surface area (Å²) in [5.74, 6) is -5.99. The van der Waals surface area contributed by atoms with E-state index in [9.17, 15) is 17.6 Å². The third-order valence-corrected chi connectivity index (χ3v) is 4.84. The molecular weight excluding hydrogens is 396 g/mol. The maximum absolute atomic E-state index is 14.0. The van der Waals surface area contributed by atoms with E-state index in [4.69, 9.17) is 4.42 Å². The molecule has 0 N–H and O–H groups in total. The molecule has 0 radical (unpaired) electrons. The van der Waals surface area contributed by atoms with E-state index in [2.05, 4.69) is 15.2 Å². The van der Waals surface area contributed by atoms with Gasteiger partial charge in [0.15, 0.2) is 22.6 Å². The monoisotopic (exact) mass is 406 g/mol. The van der Waals surface area contributed by atoms with Crippen molar-refractivity contribution in [2.24, 2.45) is 0 Å². The van der Waals surface area contributed by atoms with Gasteiger partial charge >= 0.3 is 0 Å². The molecule has 0 aliphatic heterocycles. The Balaban J connectivity index is 1.80. The Morgan fingerprint density at radius 2 is 1.61 bits per heavy atom. The van der Waals surface area contributed by atoms with Crippen molar-refractivity contribution in [2.45, 2.75) is 16.6 Å². The van der Waals surface area contributed by atoms with Crippen LogP contribution in [0.1, 0.15) is 5.56 Å². The van der Waals surface area contributed by atoms with Crippen LogP contribution in [-0.2, 0) is 6.54 Å². The Morgan fingerprint density at radius 1 is 0.893 bits per heavy atom. The molecule has 0 unspecified atom stereocenters. The van der Waals surface area contributed by atoms with Crippen molar-refractivity contribution < 1.29 is 22.0 Å². The second kappa shape index (κ2) is 7.47. The molecule has 3 heterocycles. The molecule has 0 bridgehead atoms. The van der Waals surface area contributed by atoms with E-state index in [1.807, 2.05) is 30.3 Å². The smallest absolute Gasteiger partial charge is 0.252 e. The van der Waals surface area contributed by atoms with Crippen LogP contribution in [-0.4, -0.2) is 19.7 Å². The fraction of sp³-hybridized carbons (Fsp3) is 0.0556. The van der Waals surface area contributed by atoms with E-state index in [1.54, 1.807) is 12.1 Å². The minimum Gasteiger partial charge on any atom is -0.461 e. The number of hydrogen-bond acceptors (Lipinski definition) is 5. The van der Waals surface area contributed by atoms with E-state index < -0.39 is 28.4 Å². The Hall–Kier alpha value is -3.14. The summed E-state index contributed by atoms with van der Waals surface area (Å²) in [7, 11) is 0. The SMILES string of the molecule is Fc1nc(F)c(F)c(Sc2nnc(-c3ccco3)n2Cc2ccccc2)c1F. The predicted octanol–water partition coefficient (Wildman–Crippen LogP) is 4.69. The van der Waals surface area contributed by atoms with Crippen molar-refractivity contribution in [2.75, 3.05) is 0 Å². The van der Waals surface area contributed by atoms with Crippen LogP contribution >= 0.6 is 11.8 Å². The van der Waals surface area contributed by atoms with Crippen LogP contribution in [0.2, 0.25) is 0 Å². The number of halogens is 4. The summed E-state index contributed by atoms with van der Waals surface area (Å²) in [4.78, 5) is 1.67. The normalized spacial score (nSPS) is 11.1. The van der Waals surface area contributed by atoms with Crippen molar-refractivity contribution in [3.63, 3.8) is 0 Å². The third kappa shape index (κ3) is 3.38. The highest BCUT2D eigenvalue weighted by atomic mass is 32.2. The molecule has 4 rings (SSSR count). The second-order valence-corrected chi connectivity index (χ2v) is 6.59. The number of pyridine rings is 1. The van der Waals surface area contributed by atoms with Crippen LogP contribution in [0.3, 0.4) is 0 Å². The fourth-order valence-electron chi connectivity index (χ4n) is 2.51. The summed E-state index contributed by atoms with van der Waals surface area (Å²) < 4.78 is 61.8. The van der Waals surface area contributed by atoms with Crippen molar-refractivity contribution in [3.8, 4) is 11.6 Å². The minimum absolute atomic E-state index is 0.0260. The molecule has 0 aliphatic carbocycles. The predicted molar refractivity (Wildman–Crippen MR) is 91.5 cm³/mol. The Morgan fingerprint density at radius 3 is 2.25 bits per heavy atom. The van der Waals surface area contributed by atoms with Crippen molar-refractivity contribution in [1.82, 2.24) is 19.7 Å². The molecule has 1 aromatic carbocycles. The lowest BCUT2D eigenvalue weighted by atomic mass is 10.2. The Labute approximate surface area is 160 Å². The largest absolute Gasteiger partial charge is 0.461 e. The molecular formula is C18H10F4N4OS. The molecule has 0 fully saturated rings. The van der Waals surface area contributed by atoms with E-state index in [-0.39, 0.29) is 11.7 Å². The van der Waals surface area contributed by atoms with Gasteiger partial charge in [-0.15, -0.1) is 10.2 Å². The van der Waals surface area contributed by atoms with Crippen LogP contribution < -0.4 is 0 Å². The number of hydrogen-bond donors (Lipinski definition) is 0. The van der Waals surface area contributed by atoms with E-state index >= 15 is 0 Å². The summed E-state index contributed by atoms with van der Waals surface area (Å²) in [5, 5.41) is 7.95. The maximum Gasteiger partial charge on any atom is 0.252 e. The maximum atomic E-state index is 14.0. The van der Waals surface area contributed by atoms with Gasteiger partial charge in [0.1, 0.15) is 0 Å². The minimum atomic E-state index is -1.73. The van der Waals surface area contributed by atoms with Gasteiger partial charge in [-0.3, -0.25) is 4.57 Å². The highest BCUT2D eigenvalue weighted by molar-refractivity contribution is 7.99. The molecule has 142 valence electrons. The van der Waals surface area contributed by atoms with Gasteiger partial charge < -0.3 is 4.42 Å². The van der Waals surface area contributed by atoms with Crippen molar-refractivity contribution >= 4 is 11.8 Å². The van der Waals surface area contributed by atoms with Gasteiger partial charge in [0.25, 0.3) is 11.9 Å². The molecule has 0 aliphatic rings. The fourth-order valence-corrected chi connectivity index (χ4v) is 3.38. The summed E-state index contributed by atoms with van der Waals surface area (Å²) in [6, 6.07) is 12.5. The molecule has 10 heteroatoms. The molecule has 3 aromatic heterocycles. The van der Waals surface area contributed by atoms with Crippen LogP contribution in [0.4, 0.5) is 17.6 Å². The third-order valence-electron chi connectivity index (χ3n) is 3.79. The number of aromatic nitrogens is 4. The molecule has 5 nitrogen and oxygen atoms in total. The lowest BCUT2D eigenvalue weighted by Crippen LogP contribution is -2.06. The topological polar surface area (TPSA) is 56.7 Å². The molecule has 0 amide bonds. The quantitative estimate of drug-likeness (QED) is 0.356. The van der Waals surface area contributed by atoms with Gasteiger partial charge in [-0.05, 0) is 29.5 Å². The lowest BCUT2D eigenvalue weighted by molar-refractivity contribution is 0.383. The van der Waals surface area contributed by atoms with Crippen LogP contribution in [0.5, 0.6) is 0 Å².